The van der Waals surface area contributed by atoms with Gasteiger partial charge in [0.15, 0.2) is 16.8 Å². The summed E-state index contributed by atoms with van der Waals surface area (Å²) >= 11 is 7.63. The first-order valence-electron chi connectivity index (χ1n) is 12.6. The van der Waals surface area contributed by atoms with Crippen LogP contribution in [0.3, 0.4) is 0 Å². The number of nitrogens with zero attached hydrogens (tertiary/aromatic N) is 3. The Morgan fingerprint density at radius 2 is 1.70 bits per heavy atom. The number of likely N-dealkylation sites (tertiary alicyclic amines) is 1. The number of carboxylic acid groups (broad SMARTS) is 2. The monoisotopic (exact) mass is 597 g/mol. The lowest BCUT2D eigenvalue weighted by atomic mass is 10.0. The van der Waals surface area contributed by atoms with E-state index in [2.05, 4.69) is 23.1 Å². The first-order valence-corrected chi connectivity index (χ1v) is 14.2. The number of ether oxygens (including phenoxy) is 1. The van der Waals surface area contributed by atoms with Crippen LogP contribution in [0.2, 0.25) is 5.02 Å². The van der Waals surface area contributed by atoms with Crippen molar-refractivity contribution < 1.29 is 33.3 Å². The van der Waals surface area contributed by atoms with Crippen LogP contribution in [0.15, 0.2) is 59.6 Å². The van der Waals surface area contributed by atoms with E-state index >= 15 is 0 Å². The van der Waals surface area contributed by atoms with Gasteiger partial charge in [-0.15, -0.1) is 0 Å². The summed E-state index contributed by atoms with van der Waals surface area (Å²) in [5.74, 6) is -3.87. The third kappa shape index (κ3) is 12.4. The number of carboxylic acids is 2. The van der Waals surface area contributed by atoms with Crippen LogP contribution < -0.4 is 4.74 Å². The van der Waals surface area contributed by atoms with Crippen LogP contribution in [0.25, 0.3) is 0 Å². The third-order valence-corrected chi connectivity index (χ3v) is 7.03. The molecule has 1 saturated heterocycles. The van der Waals surface area contributed by atoms with Gasteiger partial charge < -0.3 is 24.7 Å². The van der Waals surface area contributed by atoms with Gasteiger partial charge in [-0.3, -0.25) is 0 Å². The maximum Gasteiger partial charge on any atom is 0.328 e. The van der Waals surface area contributed by atoms with E-state index in [0.717, 1.165) is 68.3 Å². The van der Waals surface area contributed by atoms with Gasteiger partial charge in [0, 0.05) is 49.4 Å². The Morgan fingerprint density at radius 3 is 2.25 bits per heavy atom. The van der Waals surface area contributed by atoms with E-state index in [-0.39, 0.29) is 0 Å². The molecule has 1 aliphatic heterocycles. The molecule has 0 bridgehead atoms. The van der Waals surface area contributed by atoms with E-state index in [0.29, 0.717) is 35.6 Å². The minimum Gasteiger partial charge on any atom is -0.493 e. The number of hydrogen-bond acceptors (Lipinski definition) is 6. The molecule has 3 rings (SSSR count). The highest BCUT2D eigenvalue weighted by atomic mass is 35.5. The molecule has 0 unspecified atom stereocenters. The van der Waals surface area contributed by atoms with E-state index in [1.54, 1.807) is 11.8 Å². The third-order valence-electron chi connectivity index (χ3n) is 6.04. The van der Waals surface area contributed by atoms with Gasteiger partial charge in [0.1, 0.15) is 5.75 Å². The highest BCUT2D eigenvalue weighted by Crippen LogP contribution is 2.23. The van der Waals surface area contributed by atoms with Crippen molar-refractivity contribution in [3.63, 3.8) is 0 Å². The van der Waals surface area contributed by atoms with Gasteiger partial charge in [-0.25, -0.2) is 23.4 Å². The molecule has 0 saturated carbocycles. The number of piperidine rings is 1. The average molecular weight is 598 g/mol. The largest absolute Gasteiger partial charge is 0.493 e. The quantitative estimate of drug-likeness (QED) is 0.150. The fraction of sp³-hybridized carbons (Fsp3) is 0.393. The van der Waals surface area contributed by atoms with Crippen molar-refractivity contribution in [2.75, 3.05) is 39.5 Å². The molecule has 1 aliphatic rings. The number of carbonyl (C=O) groups is 2. The Hall–Kier alpha value is -3.15. The molecule has 8 nitrogen and oxygen atoms in total. The minimum atomic E-state index is -1.26. The molecule has 0 radical (unpaired) electrons. The SMILES string of the molecule is CSC(=Nc1ccc(Cl)cc1)N(C)C1CCN(CCCCOc2ccc(F)c(F)c2)CC1.O=C(O)C=CC(=O)O. The lowest BCUT2D eigenvalue weighted by molar-refractivity contribution is -0.134. The van der Waals surface area contributed by atoms with E-state index in [4.69, 9.17) is 31.5 Å². The summed E-state index contributed by atoms with van der Waals surface area (Å²) in [6, 6.07) is 11.7. The first kappa shape index (κ1) is 33.1. The first-order chi connectivity index (χ1) is 19.1. The summed E-state index contributed by atoms with van der Waals surface area (Å²) in [6.07, 6.45) is 7.26. The Balaban J connectivity index is 0.000000611. The van der Waals surface area contributed by atoms with Gasteiger partial charge >= 0.3 is 11.9 Å². The van der Waals surface area contributed by atoms with Crippen LogP contribution in [0.4, 0.5) is 14.5 Å². The van der Waals surface area contributed by atoms with E-state index < -0.39 is 23.6 Å². The Bertz CT molecular complexity index is 1140. The number of halogens is 3. The summed E-state index contributed by atoms with van der Waals surface area (Å²) in [5.41, 5.74) is 0.911. The molecule has 0 atom stereocenters. The molecule has 0 aromatic heterocycles. The molecule has 2 aromatic rings. The highest BCUT2D eigenvalue weighted by Gasteiger charge is 2.24. The van der Waals surface area contributed by atoms with Crippen LogP contribution in [-0.4, -0.2) is 82.7 Å². The van der Waals surface area contributed by atoms with Gasteiger partial charge in [-0.2, -0.15) is 0 Å². The maximum absolute atomic E-state index is 13.2. The zero-order chi connectivity index (χ0) is 29.5. The normalized spacial score (nSPS) is 14.5. The standard InChI is InChI=1S/C24H30ClF2N3OS.C4H4O4/c1-29(24(32-2)28-19-7-5-18(25)6-8-19)20-11-14-30(15-12-20)13-3-4-16-31-21-9-10-22(26)23(27)17-21;5-3(6)1-2-4(7)8/h5-10,17,20H,3-4,11-16H2,1-2H3;1-2H,(H,5,6)(H,7,8). The van der Waals surface area contributed by atoms with E-state index in [9.17, 15) is 18.4 Å². The number of unbranched alkanes of at least 4 members (excludes halogenated alkanes) is 1. The summed E-state index contributed by atoms with van der Waals surface area (Å²) in [7, 11) is 2.13. The number of benzene rings is 2. The predicted molar refractivity (Wildman–Crippen MR) is 155 cm³/mol. The molecule has 1 fully saturated rings. The molecule has 2 N–H and O–H groups in total. The predicted octanol–water partition coefficient (Wildman–Crippen LogP) is 5.94. The maximum atomic E-state index is 13.2. The average Bonchev–Trinajstić information content (AvgIpc) is 2.93. The van der Waals surface area contributed by atoms with Crippen molar-refractivity contribution in [3.8, 4) is 5.75 Å². The molecule has 2 aromatic carbocycles. The zero-order valence-electron chi connectivity index (χ0n) is 22.4. The lowest BCUT2D eigenvalue weighted by Gasteiger charge is -2.37. The van der Waals surface area contributed by atoms with Crippen molar-refractivity contribution in [1.82, 2.24) is 9.80 Å². The zero-order valence-corrected chi connectivity index (χ0v) is 24.0. The second-order valence-corrected chi connectivity index (χ2v) is 10.1. The molecular weight excluding hydrogens is 564 g/mol. The minimum absolute atomic E-state index is 0.373. The molecule has 12 heteroatoms. The molecule has 40 heavy (non-hydrogen) atoms. The van der Waals surface area contributed by atoms with Gasteiger partial charge in [0.05, 0.1) is 12.3 Å². The van der Waals surface area contributed by atoms with Crippen LogP contribution in [0.1, 0.15) is 25.7 Å². The number of hydrogen-bond donors (Lipinski definition) is 2. The van der Waals surface area contributed by atoms with Crippen LogP contribution in [0.5, 0.6) is 5.75 Å². The second-order valence-electron chi connectivity index (χ2n) is 8.90. The second kappa shape index (κ2) is 17.5. The molecule has 1 heterocycles. The number of amidine groups is 1. The molecular formula is C28H34ClF2N3O5S. The van der Waals surface area contributed by atoms with Gasteiger partial charge in [0.25, 0.3) is 0 Å². The van der Waals surface area contributed by atoms with E-state index in [1.165, 1.54) is 6.07 Å². The summed E-state index contributed by atoms with van der Waals surface area (Å²) in [6.45, 7) is 3.64. The molecule has 0 spiro atoms. The topological polar surface area (TPSA) is 103 Å². The van der Waals surface area contributed by atoms with Crippen molar-refractivity contribution in [3.05, 3.63) is 71.3 Å². The summed E-state index contributed by atoms with van der Waals surface area (Å²) < 4.78 is 31.7. The Morgan fingerprint density at radius 1 is 1.07 bits per heavy atom. The fourth-order valence-corrected chi connectivity index (χ4v) is 4.68. The fourth-order valence-electron chi connectivity index (χ4n) is 3.92. The number of aliphatic imine (C=N–C) groups is 1. The van der Waals surface area contributed by atoms with Gasteiger partial charge in [-0.1, -0.05) is 23.4 Å². The molecule has 0 amide bonds. The molecule has 0 aliphatic carbocycles. The number of aliphatic carboxylic acids is 2. The highest BCUT2D eigenvalue weighted by molar-refractivity contribution is 8.13. The molecule has 218 valence electrons. The Kier molecular flexibility index (Phi) is 14.5. The lowest BCUT2D eigenvalue weighted by Crippen LogP contribution is -2.45. The van der Waals surface area contributed by atoms with Gasteiger partial charge in [0.2, 0.25) is 0 Å². The van der Waals surface area contributed by atoms with Gasteiger partial charge in [-0.05, 0) is 74.9 Å². The Labute approximate surface area is 242 Å². The van der Waals surface area contributed by atoms with E-state index in [1.807, 2.05) is 24.3 Å². The van der Waals surface area contributed by atoms with Crippen molar-refractivity contribution in [2.24, 2.45) is 4.99 Å². The van der Waals surface area contributed by atoms with Crippen molar-refractivity contribution in [1.29, 1.82) is 0 Å². The van der Waals surface area contributed by atoms with Crippen molar-refractivity contribution >= 4 is 46.2 Å². The van der Waals surface area contributed by atoms with Crippen LogP contribution >= 0.6 is 23.4 Å². The number of thioether (sulfide) groups is 1. The van der Waals surface area contributed by atoms with Crippen LogP contribution in [-0.2, 0) is 9.59 Å². The summed E-state index contributed by atoms with van der Waals surface area (Å²) in [5, 5.41) is 17.4. The summed E-state index contributed by atoms with van der Waals surface area (Å²) in [4.78, 5) is 28.7. The smallest absolute Gasteiger partial charge is 0.328 e. The van der Waals surface area contributed by atoms with Crippen molar-refractivity contribution in [2.45, 2.75) is 31.7 Å². The van der Waals surface area contributed by atoms with Crippen LogP contribution in [0, 0.1) is 11.6 Å². The number of rotatable bonds is 10.